The third kappa shape index (κ3) is 7.31. The lowest BCUT2D eigenvalue weighted by molar-refractivity contribution is -0.274. The molecule has 0 aliphatic heterocycles. The molecule has 0 unspecified atom stereocenters. The van der Waals surface area contributed by atoms with Gasteiger partial charge in [0.25, 0.3) is 5.91 Å². The summed E-state index contributed by atoms with van der Waals surface area (Å²) in [7, 11) is 2.95. The lowest BCUT2D eigenvalue weighted by Gasteiger charge is -2.17. The van der Waals surface area contributed by atoms with E-state index in [1.807, 2.05) is 24.3 Å². The first kappa shape index (κ1) is 30.7. The number of ether oxygens (including phenoxy) is 1. The molecule has 0 atom stereocenters. The number of urea groups is 1. The number of carbonyl (C=O) groups excluding carboxylic acids is 2. The number of hydrogen-bond acceptors (Lipinski definition) is 6. The highest BCUT2D eigenvalue weighted by Crippen LogP contribution is 2.29. The minimum absolute atomic E-state index is 0.0129. The van der Waals surface area contributed by atoms with Gasteiger partial charge in [0.1, 0.15) is 11.6 Å². The Morgan fingerprint density at radius 2 is 1.79 bits per heavy atom. The van der Waals surface area contributed by atoms with Gasteiger partial charge < -0.3 is 9.64 Å². The van der Waals surface area contributed by atoms with Gasteiger partial charge in [-0.3, -0.25) is 19.6 Å². The minimum atomic E-state index is -4.84. The van der Waals surface area contributed by atoms with Crippen molar-refractivity contribution in [1.29, 1.82) is 0 Å². The van der Waals surface area contributed by atoms with E-state index in [4.69, 9.17) is 0 Å². The molecule has 4 aromatic rings. The van der Waals surface area contributed by atoms with Crippen LogP contribution in [0.25, 0.3) is 10.9 Å². The zero-order chi connectivity index (χ0) is 30.6. The topological polar surface area (TPSA) is 101 Å². The lowest BCUT2D eigenvalue weighted by Crippen LogP contribution is -2.41. The molecular formula is C28H28F4N6O3S. The first-order valence-electron chi connectivity index (χ1n) is 12.7. The van der Waals surface area contributed by atoms with Gasteiger partial charge in [-0.25, -0.2) is 14.6 Å². The zero-order valence-corrected chi connectivity index (χ0v) is 23.9. The van der Waals surface area contributed by atoms with Crippen LogP contribution in [0.1, 0.15) is 41.4 Å². The van der Waals surface area contributed by atoms with Crippen LogP contribution in [0.5, 0.6) is 5.75 Å². The Balaban J connectivity index is 1.40. The molecule has 1 heterocycles. The molecule has 0 aliphatic rings. The summed E-state index contributed by atoms with van der Waals surface area (Å²) in [6, 6.07) is 14.8. The van der Waals surface area contributed by atoms with Crippen LogP contribution < -0.4 is 25.2 Å². The first-order chi connectivity index (χ1) is 19.8. The molecule has 0 saturated heterocycles. The Morgan fingerprint density at radius 1 is 1.10 bits per heavy atom. The maximum Gasteiger partial charge on any atom is 0.573 e. The van der Waals surface area contributed by atoms with Crippen molar-refractivity contribution in [3.05, 3.63) is 83.3 Å². The summed E-state index contributed by atoms with van der Waals surface area (Å²) in [4.78, 5) is 27.5. The summed E-state index contributed by atoms with van der Waals surface area (Å²) in [5, 5.41) is 4.18. The fourth-order valence-corrected chi connectivity index (χ4v) is 5.02. The predicted octanol–water partition coefficient (Wildman–Crippen LogP) is 6.02. The number of aromatic nitrogens is 2. The molecule has 9 nitrogen and oxygen atoms in total. The Kier molecular flexibility index (Phi) is 9.27. The van der Waals surface area contributed by atoms with Gasteiger partial charge in [0.15, 0.2) is 5.69 Å². The molecule has 4 rings (SSSR count). The molecule has 222 valence electrons. The van der Waals surface area contributed by atoms with Gasteiger partial charge in [-0.2, -0.15) is 5.10 Å². The molecule has 1 aromatic heterocycles. The number of anilines is 1. The first-order valence-corrected chi connectivity index (χ1v) is 13.5. The molecule has 0 radical (unpaired) electrons. The monoisotopic (exact) mass is 604 g/mol. The molecule has 14 heteroatoms. The quantitative estimate of drug-likeness (QED) is 0.123. The van der Waals surface area contributed by atoms with Crippen molar-refractivity contribution in [3.8, 4) is 5.75 Å². The van der Waals surface area contributed by atoms with E-state index >= 15 is 4.39 Å². The SMILES string of the molecule is CC(C)c1ccccc1SNC(=O)NNCc1cc(F)c2c(C(=O)N(C)c3ccc(OC(F)(F)F)cc3)nn(C)c2c1. The maximum atomic E-state index is 15.3. The summed E-state index contributed by atoms with van der Waals surface area (Å²) in [6.45, 7) is 4.21. The maximum absolute atomic E-state index is 15.3. The number of benzene rings is 3. The number of rotatable bonds is 9. The van der Waals surface area contributed by atoms with Crippen molar-refractivity contribution < 1.29 is 31.9 Å². The van der Waals surface area contributed by atoms with Gasteiger partial charge in [-0.15, -0.1) is 13.2 Å². The second kappa shape index (κ2) is 12.7. The van der Waals surface area contributed by atoms with E-state index in [9.17, 15) is 22.8 Å². The van der Waals surface area contributed by atoms with E-state index in [-0.39, 0.29) is 29.2 Å². The van der Waals surface area contributed by atoms with E-state index in [1.165, 1.54) is 41.9 Å². The van der Waals surface area contributed by atoms with Gasteiger partial charge in [-0.1, -0.05) is 32.0 Å². The summed E-state index contributed by atoms with van der Waals surface area (Å²) in [5.74, 6) is -1.51. The van der Waals surface area contributed by atoms with Crippen LogP contribution in [0.4, 0.5) is 28.0 Å². The van der Waals surface area contributed by atoms with Crippen LogP contribution in [-0.4, -0.2) is 35.1 Å². The number of nitrogens with zero attached hydrogens (tertiary/aromatic N) is 3. The van der Waals surface area contributed by atoms with E-state index in [2.05, 4.69) is 39.3 Å². The van der Waals surface area contributed by atoms with Crippen LogP contribution in [0, 0.1) is 5.82 Å². The Labute approximate surface area is 243 Å². The minimum Gasteiger partial charge on any atom is -0.406 e. The number of carbonyl (C=O) groups is 2. The highest BCUT2D eigenvalue weighted by molar-refractivity contribution is 7.98. The van der Waals surface area contributed by atoms with Crippen molar-refractivity contribution in [1.82, 2.24) is 25.4 Å². The van der Waals surface area contributed by atoms with E-state index in [0.717, 1.165) is 27.5 Å². The Bertz CT molecular complexity index is 1590. The van der Waals surface area contributed by atoms with Crippen molar-refractivity contribution >= 4 is 40.5 Å². The molecule has 3 amide bonds. The molecule has 0 saturated carbocycles. The molecule has 0 bridgehead atoms. The molecule has 0 spiro atoms. The van der Waals surface area contributed by atoms with Crippen molar-refractivity contribution in [2.45, 2.75) is 37.6 Å². The Hall–Kier alpha value is -4.30. The average Bonchev–Trinajstić information content (AvgIpc) is 3.27. The number of nitrogens with one attached hydrogen (secondary N) is 3. The summed E-state index contributed by atoms with van der Waals surface area (Å²) < 4.78 is 60.5. The molecular weight excluding hydrogens is 576 g/mol. The summed E-state index contributed by atoms with van der Waals surface area (Å²) in [5.41, 5.74) is 7.26. The highest BCUT2D eigenvalue weighted by atomic mass is 32.2. The van der Waals surface area contributed by atoms with Crippen LogP contribution in [-0.2, 0) is 13.6 Å². The highest BCUT2D eigenvalue weighted by Gasteiger charge is 2.31. The largest absolute Gasteiger partial charge is 0.573 e. The molecule has 0 fully saturated rings. The smallest absolute Gasteiger partial charge is 0.406 e. The van der Waals surface area contributed by atoms with Gasteiger partial charge in [-0.05, 0) is 71.5 Å². The number of hydrogen-bond donors (Lipinski definition) is 3. The second-order valence-electron chi connectivity index (χ2n) is 9.55. The van der Waals surface area contributed by atoms with Crippen molar-refractivity contribution in [3.63, 3.8) is 0 Å². The normalized spacial score (nSPS) is 11.5. The summed E-state index contributed by atoms with van der Waals surface area (Å²) in [6.07, 6.45) is -4.84. The number of amides is 3. The molecule has 42 heavy (non-hydrogen) atoms. The number of halogens is 4. The fraction of sp³-hybridized carbons (Fsp3) is 0.250. The van der Waals surface area contributed by atoms with Crippen LogP contribution in [0.3, 0.4) is 0 Å². The van der Waals surface area contributed by atoms with E-state index in [1.54, 1.807) is 13.1 Å². The van der Waals surface area contributed by atoms with E-state index in [0.29, 0.717) is 11.1 Å². The van der Waals surface area contributed by atoms with Gasteiger partial charge in [0, 0.05) is 31.2 Å². The van der Waals surface area contributed by atoms with Gasteiger partial charge in [0.05, 0.1) is 10.9 Å². The number of fused-ring (bicyclic) bond motifs is 1. The van der Waals surface area contributed by atoms with Crippen molar-refractivity contribution in [2.24, 2.45) is 7.05 Å². The van der Waals surface area contributed by atoms with Gasteiger partial charge in [0.2, 0.25) is 0 Å². The third-order valence-corrected chi connectivity index (χ3v) is 7.10. The van der Waals surface area contributed by atoms with Crippen molar-refractivity contribution in [2.75, 3.05) is 11.9 Å². The van der Waals surface area contributed by atoms with E-state index < -0.39 is 29.9 Å². The van der Waals surface area contributed by atoms with Crippen LogP contribution >= 0.6 is 11.9 Å². The Morgan fingerprint density at radius 3 is 2.45 bits per heavy atom. The molecule has 3 N–H and O–H groups in total. The standard InChI is InChI=1S/C28H28F4N6O3S/c1-16(2)20-7-5-6-8-23(20)42-36-27(40)34-33-15-17-13-21(29)24-22(14-17)38(4)35-25(24)26(39)37(3)18-9-11-19(12-10-18)41-28(30,31)32/h5-14,16,33H,15H2,1-4H3,(H2,34,36,40). The second-order valence-corrected chi connectivity index (χ2v) is 10.4. The number of hydrazine groups is 1. The molecule has 0 aliphatic carbocycles. The van der Waals surface area contributed by atoms with Crippen LogP contribution in [0.15, 0.2) is 65.6 Å². The number of aryl methyl sites for hydroxylation is 1. The predicted molar refractivity (Wildman–Crippen MR) is 151 cm³/mol. The molecule has 3 aromatic carbocycles. The average molecular weight is 605 g/mol. The zero-order valence-electron chi connectivity index (χ0n) is 23.0. The number of alkyl halides is 3. The third-order valence-electron chi connectivity index (χ3n) is 6.22. The van der Waals surface area contributed by atoms with Gasteiger partial charge >= 0.3 is 12.4 Å². The fourth-order valence-electron chi connectivity index (χ4n) is 4.19. The lowest BCUT2D eigenvalue weighted by atomic mass is 10.0. The van der Waals surface area contributed by atoms with Crippen LogP contribution in [0.2, 0.25) is 0 Å². The summed E-state index contributed by atoms with van der Waals surface area (Å²) >= 11 is 1.18.